The van der Waals surface area contributed by atoms with E-state index >= 15 is 0 Å². The van der Waals surface area contributed by atoms with E-state index < -0.39 is 23.5 Å². The van der Waals surface area contributed by atoms with Crippen LogP contribution in [0.1, 0.15) is 22.9 Å². The second-order valence-corrected chi connectivity index (χ2v) is 5.32. The lowest BCUT2D eigenvalue weighted by Gasteiger charge is -2.32. The zero-order valence-corrected chi connectivity index (χ0v) is 11.1. The van der Waals surface area contributed by atoms with Crippen LogP contribution in [0.5, 0.6) is 0 Å². The normalized spacial score (nSPS) is 15.4. The molecule has 0 aliphatic carbocycles. The van der Waals surface area contributed by atoms with Crippen LogP contribution in [0.25, 0.3) is 0 Å². The molecule has 1 nitrogen and oxygen atoms in total. The molecule has 1 N–H and O–H groups in total. The van der Waals surface area contributed by atoms with Gasteiger partial charge in [0.25, 0.3) is 5.60 Å². The first-order valence-corrected chi connectivity index (χ1v) is 5.93. The Bertz CT molecular complexity index is 420. The summed E-state index contributed by atoms with van der Waals surface area (Å²) in [5.74, 6) is 0. The summed E-state index contributed by atoms with van der Waals surface area (Å²) in [6, 6.07) is 3.43. The predicted octanol–water partition coefficient (Wildman–Crippen LogP) is 4.45. The van der Waals surface area contributed by atoms with Gasteiger partial charge in [-0.1, -0.05) is 40.2 Å². The minimum absolute atomic E-state index is 0.230. The highest BCUT2D eigenvalue weighted by Gasteiger charge is 2.71. The van der Waals surface area contributed by atoms with E-state index in [-0.39, 0.29) is 4.83 Å². The number of alkyl halides is 7. The van der Waals surface area contributed by atoms with Gasteiger partial charge < -0.3 is 5.11 Å². The van der Waals surface area contributed by atoms with Crippen LogP contribution < -0.4 is 0 Å². The predicted molar refractivity (Wildman–Crippen MR) is 59.8 cm³/mol. The Hall–Kier alpha value is -0.760. The number of hydrogen-bond donors (Lipinski definition) is 1. The lowest BCUT2D eigenvalue weighted by Crippen LogP contribution is -2.53. The largest absolute Gasteiger partial charge is 0.430 e. The van der Waals surface area contributed by atoms with Crippen LogP contribution in [0.15, 0.2) is 24.3 Å². The van der Waals surface area contributed by atoms with E-state index in [0.717, 1.165) is 12.1 Å². The fourth-order valence-electron chi connectivity index (χ4n) is 1.48. The summed E-state index contributed by atoms with van der Waals surface area (Å²) >= 11 is 3.13. The van der Waals surface area contributed by atoms with E-state index in [1.165, 1.54) is 0 Å². The maximum Gasteiger partial charge on any atom is 0.430 e. The Balaban J connectivity index is 3.36. The van der Waals surface area contributed by atoms with Crippen LogP contribution in [-0.2, 0) is 5.60 Å². The molecule has 1 aromatic rings. The smallest absolute Gasteiger partial charge is 0.369 e. The molecule has 0 aliphatic heterocycles. The maximum absolute atomic E-state index is 12.6. The zero-order chi connectivity index (χ0) is 15.1. The third-order valence-electron chi connectivity index (χ3n) is 2.61. The first-order valence-electron chi connectivity index (χ1n) is 5.01. The number of aliphatic hydroxyl groups is 1. The molecule has 1 atom stereocenters. The van der Waals surface area contributed by atoms with Crippen molar-refractivity contribution in [2.75, 3.05) is 0 Å². The molecule has 0 amide bonds. The second-order valence-electron chi connectivity index (χ2n) is 3.94. The summed E-state index contributed by atoms with van der Waals surface area (Å²) < 4.78 is 75.4. The van der Waals surface area contributed by atoms with Crippen molar-refractivity contribution in [1.29, 1.82) is 0 Å². The molecule has 0 aliphatic rings. The topological polar surface area (TPSA) is 20.2 Å². The van der Waals surface area contributed by atoms with Crippen molar-refractivity contribution in [1.82, 2.24) is 0 Å². The Morgan fingerprint density at radius 1 is 0.947 bits per heavy atom. The molecule has 0 spiro atoms. The van der Waals surface area contributed by atoms with E-state index in [9.17, 15) is 26.3 Å². The highest BCUT2D eigenvalue weighted by Crippen LogP contribution is 2.50. The van der Waals surface area contributed by atoms with Gasteiger partial charge in [0.05, 0.1) is 0 Å². The molecule has 19 heavy (non-hydrogen) atoms. The molecule has 0 heterocycles. The highest BCUT2D eigenvalue weighted by molar-refractivity contribution is 9.09. The third kappa shape index (κ3) is 2.89. The Morgan fingerprint density at radius 3 is 1.58 bits per heavy atom. The first kappa shape index (κ1) is 16.3. The minimum atomic E-state index is -5.85. The molecule has 8 heteroatoms. The van der Waals surface area contributed by atoms with Crippen molar-refractivity contribution in [3.05, 3.63) is 35.4 Å². The van der Waals surface area contributed by atoms with Crippen LogP contribution in [0.4, 0.5) is 26.3 Å². The molecule has 0 saturated carbocycles. The molecule has 0 fully saturated rings. The van der Waals surface area contributed by atoms with Gasteiger partial charge in [0, 0.05) is 10.4 Å². The first-order chi connectivity index (χ1) is 8.41. The van der Waals surface area contributed by atoms with E-state index in [1.54, 1.807) is 6.92 Å². The van der Waals surface area contributed by atoms with E-state index in [2.05, 4.69) is 15.9 Å². The van der Waals surface area contributed by atoms with Gasteiger partial charge in [0.15, 0.2) is 0 Å². The van der Waals surface area contributed by atoms with Gasteiger partial charge in [0.2, 0.25) is 0 Å². The van der Waals surface area contributed by atoms with Crippen LogP contribution in [-0.4, -0.2) is 17.5 Å². The number of rotatable bonds is 2. The number of halogens is 7. The maximum atomic E-state index is 12.6. The van der Waals surface area contributed by atoms with Crippen molar-refractivity contribution in [3.63, 3.8) is 0 Å². The van der Waals surface area contributed by atoms with E-state index in [4.69, 9.17) is 5.11 Å². The molecular formula is C11H9BrF6O. The number of hydrogen-bond acceptors (Lipinski definition) is 1. The van der Waals surface area contributed by atoms with Crippen LogP contribution in [0, 0.1) is 0 Å². The third-order valence-corrected chi connectivity index (χ3v) is 3.14. The Labute approximate surface area is 113 Å². The molecule has 1 rings (SSSR count). The fraction of sp³-hybridized carbons (Fsp3) is 0.455. The monoisotopic (exact) mass is 350 g/mol. The van der Waals surface area contributed by atoms with Crippen molar-refractivity contribution < 1.29 is 31.4 Å². The molecule has 1 unspecified atom stereocenters. The van der Waals surface area contributed by atoms with Gasteiger partial charge in [0.1, 0.15) is 0 Å². The average molecular weight is 351 g/mol. The van der Waals surface area contributed by atoms with Crippen molar-refractivity contribution >= 4 is 15.9 Å². The average Bonchev–Trinajstić information content (AvgIpc) is 2.25. The molecule has 0 aromatic heterocycles. The van der Waals surface area contributed by atoms with Gasteiger partial charge in [-0.2, -0.15) is 26.3 Å². The van der Waals surface area contributed by atoms with Crippen molar-refractivity contribution in [3.8, 4) is 0 Å². The summed E-state index contributed by atoms with van der Waals surface area (Å²) in [7, 11) is 0. The van der Waals surface area contributed by atoms with Gasteiger partial charge in [-0.25, -0.2) is 0 Å². The lowest BCUT2D eigenvalue weighted by molar-refractivity contribution is -0.376. The van der Waals surface area contributed by atoms with Crippen LogP contribution >= 0.6 is 15.9 Å². The minimum Gasteiger partial charge on any atom is -0.369 e. The fourth-order valence-corrected chi connectivity index (χ4v) is 1.78. The summed E-state index contributed by atoms with van der Waals surface area (Å²) in [5.41, 5.74) is -5.63. The highest BCUT2D eigenvalue weighted by atomic mass is 79.9. The Kier molecular flexibility index (Phi) is 4.26. The summed E-state index contributed by atoms with van der Waals surface area (Å²) in [6.07, 6.45) is -11.7. The molecule has 0 bridgehead atoms. The van der Waals surface area contributed by atoms with E-state index in [0.29, 0.717) is 17.7 Å². The molecule has 108 valence electrons. The van der Waals surface area contributed by atoms with Gasteiger partial charge in [-0.3, -0.25) is 0 Å². The number of benzene rings is 1. The zero-order valence-electron chi connectivity index (χ0n) is 9.48. The van der Waals surface area contributed by atoms with Crippen molar-refractivity contribution in [2.45, 2.75) is 29.7 Å². The Morgan fingerprint density at radius 2 is 1.32 bits per heavy atom. The van der Waals surface area contributed by atoms with Crippen LogP contribution in [0.3, 0.4) is 0 Å². The summed E-state index contributed by atoms with van der Waals surface area (Å²) in [4.78, 5) is -0.230. The quantitative estimate of drug-likeness (QED) is 0.617. The lowest BCUT2D eigenvalue weighted by atomic mass is 9.91. The summed E-state index contributed by atoms with van der Waals surface area (Å²) in [6.45, 7) is 1.66. The molecule has 1 aromatic carbocycles. The van der Waals surface area contributed by atoms with Gasteiger partial charge in [-0.05, 0) is 12.5 Å². The molecular weight excluding hydrogens is 342 g/mol. The summed E-state index contributed by atoms with van der Waals surface area (Å²) in [5, 5.41) is 9.12. The van der Waals surface area contributed by atoms with Crippen LogP contribution in [0.2, 0.25) is 0 Å². The second kappa shape index (κ2) is 4.97. The van der Waals surface area contributed by atoms with Gasteiger partial charge >= 0.3 is 12.4 Å². The molecule has 0 saturated heterocycles. The standard InChI is InChI=1S/C11H9BrF6O/c1-6(12)7-2-4-8(5-3-7)9(19,10(13,14)15)11(16,17)18/h2-6,19H,1H3. The SMILES string of the molecule is CC(Br)c1ccc(C(O)(C(F)(F)F)C(F)(F)F)cc1. The van der Waals surface area contributed by atoms with Crippen molar-refractivity contribution in [2.24, 2.45) is 0 Å². The van der Waals surface area contributed by atoms with Gasteiger partial charge in [-0.15, -0.1) is 0 Å². The molecule has 0 radical (unpaired) electrons. The van der Waals surface area contributed by atoms with E-state index in [1.807, 2.05) is 0 Å².